The van der Waals surface area contributed by atoms with Crippen LogP contribution in [0.3, 0.4) is 0 Å². The Bertz CT molecular complexity index is 1630. The average Bonchev–Trinajstić information content (AvgIpc) is 3.06. The van der Waals surface area contributed by atoms with Gasteiger partial charge in [-0.25, -0.2) is 0 Å². The number of nitrogens with one attached hydrogen (secondary N) is 1. The van der Waals surface area contributed by atoms with Crippen molar-refractivity contribution < 1.29 is 64.6 Å². The first-order chi connectivity index (χ1) is 43.6. The molecule has 0 aromatic rings. The highest BCUT2D eigenvalue weighted by molar-refractivity contribution is 5.76. The van der Waals surface area contributed by atoms with Crippen molar-refractivity contribution >= 4 is 5.91 Å². The van der Waals surface area contributed by atoms with Crippen LogP contribution in [0.5, 0.6) is 0 Å². The molecule has 14 nitrogen and oxygen atoms in total. The summed E-state index contributed by atoms with van der Waals surface area (Å²) in [4.78, 5) is 13.3. The second kappa shape index (κ2) is 59.9. The van der Waals surface area contributed by atoms with Crippen molar-refractivity contribution in [1.82, 2.24) is 5.32 Å². The lowest BCUT2D eigenvalue weighted by Gasteiger charge is -2.46. The van der Waals surface area contributed by atoms with Crippen molar-refractivity contribution in [2.45, 2.75) is 415 Å². The van der Waals surface area contributed by atoms with E-state index in [1.807, 2.05) is 6.08 Å². The van der Waals surface area contributed by atoms with Gasteiger partial charge in [0.1, 0.15) is 48.8 Å². The van der Waals surface area contributed by atoms with Crippen LogP contribution >= 0.6 is 0 Å². The SMILES string of the molecule is CCCCCC/C=C/CC/C=C/CC/C=C/C(O)C(COC1OC(CO)C(OC2OC(CO)C(O)C(O)C2O)C(O)C1O)NC(=O)CCCCCCCCCCCCCCCCCCCCCCCCCCCCCCCCCCCCCCCCCCC. The third-order valence-electron chi connectivity index (χ3n) is 18.6. The number of hydrogen-bond acceptors (Lipinski definition) is 13. The molecule has 0 saturated carbocycles. The molecule has 2 saturated heterocycles. The number of carbonyl (C=O) groups excluding carboxylic acids is 1. The molecule has 0 aliphatic carbocycles. The number of amides is 1. The fourth-order valence-corrected chi connectivity index (χ4v) is 12.6. The Kier molecular flexibility index (Phi) is 56.1. The van der Waals surface area contributed by atoms with Crippen molar-refractivity contribution in [1.29, 1.82) is 0 Å². The van der Waals surface area contributed by atoms with Gasteiger partial charge in [0.05, 0.1) is 32.0 Å². The number of rotatable bonds is 63. The van der Waals surface area contributed by atoms with E-state index in [0.717, 1.165) is 44.9 Å². The third-order valence-corrected chi connectivity index (χ3v) is 18.6. The largest absolute Gasteiger partial charge is 0.394 e. The van der Waals surface area contributed by atoms with E-state index in [9.17, 15) is 45.6 Å². The standard InChI is InChI=1S/C75H141NO13/c1-3-5-7-9-11-13-15-17-19-20-21-22-23-24-25-26-27-28-29-30-31-32-33-34-35-36-37-38-39-40-41-42-43-44-45-47-49-51-53-55-57-59-67(80)76-63(64(79)58-56-54-52-50-48-46-18-16-14-12-10-8-6-4-2)62-86-74-72(85)70(83)73(66(61-78)88-74)89-75-71(84)69(82)68(81)65(60-77)87-75/h14,16,48,50,56,58,63-66,68-75,77-79,81-85H,3-13,15,17-47,49,51-55,57,59-62H2,1-2H3,(H,76,80)/b16-14+,50-48+,58-56+. The molecule has 0 spiro atoms. The molecule has 1 amide bonds. The number of ether oxygens (including phenoxy) is 4. The number of aliphatic hydroxyl groups excluding tert-OH is 8. The van der Waals surface area contributed by atoms with Gasteiger partial charge in [-0.1, -0.05) is 326 Å². The van der Waals surface area contributed by atoms with Gasteiger partial charge < -0.3 is 65.1 Å². The van der Waals surface area contributed by atoms with Crippen molar-refractivity contribution in [3.63, 3.8) is 0 Å². The average molecular weight is 1260 g/mol. The molecule has 0 bridgehead atoms. The summed E-state index contributed by atoms with van der Waals surface area (Å²) >= 11 is 0. The maximum Gasteiger partial charge on any atom is 0.220 e. The van der Waals surface area contributed by atoms with Gasteiger partial charge in [0.2, 0.25) is 5.91 Å². The molecular weight excluding hydrogens is 1120 g/mol. The van der Waals surface area contributed by atoms with E-state index in [4.69, 9.17) is 18.9 Å². The van der Waals surface area contributed by atoms with Crippen LogP contribution in [-0.4, -0.2) is 140 Å². The van der Waals surface area contributed by atoms with Gasteiger partial charge in [0.25, 0.3) is 0 Å². The Balaban J connectivity index is 1.52. The molecule has 12 atom stereocenters. The lowest BCUT2D eigenvalue weighted by Crippen LogP contribution is -2.65. The van der Waals surface area contributed by atoms with Gasteiger partial charge in [-0.3, -0.25) is 4.79 Å². The van der Waals surface area contributed by atoms with Crippen molar-refractivity contribution in [2.75, 3.05) is 19.8 Å². The Labute approximate surface area is 544 Å². The molecule has 0 radical (unpaired) electrons. The van der Waals surface area contributed by atoms with Crippen LogP contribution in [0.4, 0.5) is 0 Å². The summed E-state index contributed by atoms with van der Waals surface area (Å²) in [5.74, 6) is -0.248. The smallest absolute Gasteiger partial charge is 0.220 e. The number of carbonyl (C=O) groups is 1. The monoisotopic (exact) mass is 1260 g/mol. The molecule has 2 heterocycles. The van der Waals surface area contributed by atoms with Crippen LogP contribution in [0.25, 0.3) is 0 Å². The van der Waals surface area contributed by atoms with Gasteiger partial charge >= 0.3 is 0 Å². The van der Waals surface area contributed by atoms with E-state index in [1.165, 1.54) is 263 Å². The minimum Gasteiger partial charge on any atom is -0.394 e. The minimum atomic E-state index is -1.79. The quantitative estimate of drug-likeness (QED) is 0.0204. The first kappa shape index (κ1) is 83.3. The predicted molar refractivity (Wildman–Crippen MR) is 365 cm³/mol. The second-order valence-electron chi connectivity index (χ2n) is 26.8. The zero-order valence-electron chi connectivity index (χ0n) is 57.2. The fraction of sp³-hybridized carbons (Fsp3) is 0.907. The maximum absolute atomic E-state index is 13.3. The lowest BCUT2D eigenvalue weighted by atomic mass is 9.97. The van der Waals surface area contributed by atoms with Crippen LogP contribution in [-0.2, 0) is 23.7 Å². The zero-order chi connectivity index (χ0) is 64.5. The van der Waals surface area contributed by atoms with Crippen LogP contribution in [0.1, 0.15) is 341 Å². The zero-order valence-corrected chi connectivity index (χ0v) is 57.2. The van der Waals surface area contributed by atoms with Gasteiger partial charge in [-0.2, -0.15) is 0 Å². The Morgan fingerprint density at radius 2 is 0.719 bits per heavy atom. The summed E-state index contributed by atoms with van der Waals surface area (Å²) in [6, 6.07) is -0.936. The molecule has 89 heavy (non-hydrogen) atoms. The molecule has 2 aliphatic heterocycles. The summed E-state index contributed by atoms with van der Waals surface area (Å²) in [5.41, 5.74) is 0. The molecule has 14 heteroatoms. The van der Waals surface area contributed by atoms with Crippen molar-refractivity contribution in [3.8, 4) is 0 Å². The highest BCUT2D eigenvalue weighted by Gasteiger charge is 2.51. The molecule has 2 fully saturated rings. The molecule has 0 aromatic carbocycles. The first-order valence-electron chi connectivity index (χ1n) is 37.7. The van der Waals surface area contributed by atoms with Crippen molar-refractivity contribution in [3.05, 3.63) is 36.5 Å². The molecule has 9 N–H and O–H groups in total. The number of allylic oxidation sites excluding steroid dienone is 5. The van der Waals surface area contributed by atoms with E-state index in [-0.39, 0.29) is 18.9 Å². The summed E-state index contributed by atoms with van der Waals surface area (Å²) in [5, 5.41) is 87.2. The first-order valence-corrected chi connectivity index (χ1v) is 37.7. The van der Waals surface area contributed by atoms with Crippen molar-refractivity contribution in [2.24, 2.45) is 0 Å². The summed E-state index contributed by atoms with van der Waals surface area (Å²) in [6.45, 7) is 2.78. The van der Waals surface area contributed by atoms with Crippen LogP contribution < -0.4 is 5.32 Å². The highest BCUT2D eigenvalue weighted by atomic mass is 16.7. The van der Waals surface area contributed by atoms with E-state index in [2.05, 4.69) is 43.5 Å². The van der Waals surface area contributed by atoms with Gasteiger partial charge in [-0.05, 0) is 44.9 Å². The molecule has 12 unspecified atom stereocenters. The number of unbranched alkanes of at least 4 members (excludes halogenated alkanes) is 46. The molecule has 0 aromatic heterocycles. The molecular formula is C75H141NO13. The van der Waals surface area contributed by atoms with E-state index in [1.54, 1.807) is 6.08 Å². The van der Waals surface area contributed by atoms with Crippen LogP contribution in [0.15, 0.2) is 36.5 Å². The molecule has 2 rings (SSSR count). The lowest BCUT2D eigenvalue weighted by molar-refractivity contribution is -0.359. The summed E-state index contributed by atoms with van der Waals surface area (Å²) < 4.78 is 22.8. The Morgan fingerprint density at radius 1 is 0.393 bits per heavy atom. The van der Waals surface area contributed by atoms with Crippen LogP contribution in [0, 0.1) is 0 Å². The Morgan fingerprint density at radius 3 is 1.10 bits per heavy atom. The van der Waals surface area contributed by atoms with E-state index < -0.39 is 86.8 Å². The van der Waals surface area contributed by atoms with E-state index in [0.29, 0.717) is 12.8 Å². The summed E-state index contributed by atoms with van der Waals surface area (Å²) in [7, 11) is 0. The van der Waals surface area contributed by atoms with E-state index >= 15 is 0 Å². The normalized spacial score (nSPS) is 23.2. The third kappa shape index (κ3) is 43.7. The maximum atomic E-state index is 13.3. The van der Waals surface area contributed by atoms with Gasteiger partial charge in [0.15, 0.2) is 12.6 Å². The Hall–Kier alpha value is -1.79. The topological polar surface area (TPSA) is 228 Å². The molecule has 524 valence electrons. The van der Waals surface area contributed by atoms with Gasteiger partial charge in [0, 0.05) is 6.42 Å². The predicted octanol–water partition coefficient (Wildman–Crippen LogP) is 16.1. The fourth-order valence-electron chi connectivity index (χ4n) is 12.6. The minimum absolute atomic E-state index is 0.248. The van der Waals surface area contributed by atoms with Crippen LogP contribution in [0.2, 0.25) is 0 Å². The second-order valence-corrected chi connectivity index (χ2v) is 26.8. The number of aliphatic hydroxyl groups is 8. The highest BCUT2D eigenvalue weighted by Crippen LogP contribution is 2.30. The molecule has 2 aliphatic rings. The number of hydrogen-bond donors (Lipinski definition) is 9. The van der Waals surface area contributed by atoms with Gasteiger partial charge in [-0.15, -0.1) is 0 Å². The summed E-state index contributed by atoms with van der Waals surface area (Å²) in [6.07, 6.45) is 61.2.